The Morgan fingerprint density at radius 1 is 1.04 bits per heavy atom. The highest BCUT2D eigenvalue weighted by atomic mass is 32.2. The number of hydrogen-bond acceptors (Lipinski definition) is 12. The molecule has 0 radical (unpaired) electrons. The van der Waals surface area contributed by atoms with Crippen molar-refractivity contribution in [1.82, 2.24) is 5.32 Å². The van der Waals surface area contributed by atoms with E-state index in [1.54, 1.807) is 58.9 Å². The van der Waals surface area contributed by atoms with Gasteiger partial charge in [0.15, 0.2) is 0 Å². The number of esters is 1. The van der Waals surface area contributed by atoms with E-state index in [2.05, 4.69) is 24.2 Å². The van der Waals surface area contributed by atoms with E-state index in [9.17, 15) is 34.8 Å². The molecule has 1 aliphatic carbocycles. The summed E-state index contributed by atoms with van der Waals surface area (Å²) in [5.41, 5.74) is 0.907. The van der Waals surface area contributed by atoms with E-state index in [4.69, 9.17) is 18.9 Å². The van der Waals surface area contributed by atoms with Crippen LogP contribution in [0.25, 0.3) is 0 Å². The van der Waals surface area contributed by atoms with Crippen molar-refractivity contribution in [3.8, 4) is 11.5 Å². The number of aliphatic hydroxyl groups is 3. The number of ether oxygens (including phenoxy) is 4. The molecule has 1 amide bonds. The van der Waals surface area contributed by atoms with Gasteiger partial charge in [-0.25, -0.2) is 4.99 Å². The Morgan fingerprint density at radius 2 is 1.70 bits per heavy atom. The van der Waals surface area contributed by atoms with Gasteiger partial charge in [-0.1, -0.05) is 65.5 Å². The zero-order valence-electron chi connectivity index (χ0n) is 34.7. The molecule has 0 fully saturated rings. The molecule has 0 aromatic heterocycles. The molecular formula is C43H58N2O11S. The fourth-order valence-electron chi connectivity index (χ4n) is 8.37. The Labute approximate surface area is 339 Å². The van der Waals surface area contributed by atoms with Gasteiger partial charge in [0.25, 0.3) is 11.7 Å². The van der Waals surface area contributed by atoms with Crippen molar-refractivity contribution in [2.75, 3.05) is 7.11 Å². The van der Waals surface area contributed by atoms with Gasteiger partial charge in [0.05, 0.1) is 40.7 Å². The number of fused-ring (bicyclic) bond motifs is 13. The lowest BCUT2D eigenvalue weighted by Crippen LogP contribution is -2.72. The first-order valence-electron chi connectivity index (χ1n) is 19.7. The van der Waals surface area contributed by atoms with Crippen molar-refractivity contribution in [1.29, 1.82) is 0 Å². The fourth-order valence-corrected chi connectivity index (χ4v) is 9.85. The maximum Gasteiger partial charge on any atom is 0.312 e. The van der Waals surface area contributed by atoms with Crippen LogP contribution in [0, 0.1) is 36.5 Å². The molecule has 5 N–H and O–H groups in total. The minimum Gasteiger partial charge on any atom is -0.872 e. The molecular weight excluding hydrogens is 753 g/mol. The number of methoxy groups -OCH3 is 1. The molecule has 6 rings (SSSR count). The normalized spacial score (nSPS) is 35.4. The van der Waals surface area contributed by atoms with E-state index in [0.29, 0.717) is 4.91 Å². The number of carbonyl (C=O) groups excluding carboxylic acids is 3. The average molecular weight is 811 g/mol. The van der Waals surface area contributed by atoms with Crippen LogP contribution >= 0.6 is 11.8 Å². The van der Waals surface area contributed by atoms with Gasteiger partial charge in [-0.3, -0.25) is 14.4 Å². The summed E-state index contributed by atoms with van der Waals surface area (Å²) in [6.45, 7) is 17.0. The molecule has 312 valence electrons. The summed E-state index contributed by atoms with van der Waals surface area (Å²) in [6.07, 6.45) is 4.09. The van der Waals surface area contributed by atoms with Crippen LogP contribution in [0.3, 0.4) is 0 Å². The molecule has 11 unspecified atom stereocenters. The first kappa shape index (κ1) is 44.2. The molecule has 57 heavy (non-hydrogen) atoms. The van der Waals surface area contributed by atoms with Gasteiger partial charge in [0.1, 0.15) is 18.0 Å². The predicted molar refractivity (Wildman–Crippen MR) is 213 cm³/mol. The van der Waals surface area contributed by atoms with E-state index in [0.717, 1.165) is 17.9 Å². The Balaban J connectivity index is 1.68. The first-order chi connectivity index (χ1) is 26.8. The van der Waals surface area contributed by atoms with Gasteiger partial charge in [-0.15, -0.1) is 0 Å². The van der Waals surface area contributed by atoms with Crippen molar-refractivity contribution >= 4 is 34.5 Å². The van der Waals surface area contributed by atoms with Gasteiger partial charge in [0, 0.05) is 61.7 Å². The van der Waals surface area contributed by atoms with Crippen LogP contribution in [0.1, 0.15) is 114 Å². The monoisotopic (exact) mass is 810 g/mol. The van der Waals surface area contributed by atoms with Crippen LogP contribution in [0.2, 0.25) is 0 Å². The molecule has 13 nitrogen and oxygen atoms in total. The summed E-state index contributed by atoms with van der Waals surface area (Å²) >= 11 is 1.39. The topological polar surface area (TPSA) is 198 Å². The van der Waals surface area contributed by atoms with Crippen LogP contribution in [0.15, 0.2) is 46.7 Å². The second-order valence-electron chi connectivity index (χ2n) is 15.9. The second kappa shape index (κ2) is 17.5. The Morgan fingerprint density at radius 3 is 2.32 bits per heavy atom. The summed E-state index contributed by atoms with van der Waals surface area (Å²) in [6, 6.07) is -0.750. The number of ketones is 1. The lowest BCUT2D eigenvalue weighted by molar-refractivity contribution is -0.493. The zero-order valence-corrected chi connectivity index (χ0v) is 35.5. The van der Waals surface area contributed by atoms with Crippen molar-refractivity contribution in [3.05, 3.63) is 69.0 Å². The molecule has 1 aromatic carbocycles. The molecule has 0 saturated heterocycles. The summed E-state index contributed by atoms with van der Waals surface area (Å²) < 4.78 is 23.9. The van der Waals surface area contributed by atoms with E-state index in [-0.39, 0.29) is 45.2 Å². The second-order valence-corrected chi connectivity index (χ2v) is 17.0. The SMILES string of the molecule is CCC(CC)C1=[NH+]C2C(=C3NC(=O)/C(C)=C\C=C\C(C)C(O)C(C)C(O)C(C)C(OC(C)=O)C(C)C(OC)/C=C/OC4(C)Oc5c(C)c([O-])c(c2c5C4=O)C3O)S1. The number of hydrogen-bond donors (Lipinski definition) is 5. The molecule has 4 aliphatic heterocycles. The number of aliphatic hydroxyl groups excluding tert-OH is 3. The Hall–Kier alpha value is -3.95. The predicted octanol–water partition coefficient (Wildman–Crippen LogP) is 3.70. The number of benzene rings is 1. The molecule has 11 atom stereocenters. The Bertz CT molecular complexity index is 1920. The minimum atomic E-state index is -1.92. The third-order valence-corrected chi connectivity index (χ3v) is 13.4. The van der Waals surface area contributed by atoms with Gasteiger partial charge in [-0.2, -0.15) is 0 Å². The molecule has 14 heteroatoms. The van der Waals surface area contributed by atoms with Crippen LogP contribution in [-0.4, -0.2) is 75.3 Å². The third-order valence-electron chi connectivity index (χ3n) is 12.1. The number of carbonyl (C=O) groups is 3. The number of amides is 1. The number of thioether (sulfide) groups is 1. The standard InChI is InChI=1S/C43H58N2O11S/c1-12-26(13-2)42-45-31-28-29-35(49)24(8)38-30(28)40(51)43(10,56-38)54-18-17-27(53-11)21(5)37(55-25(9)46)23(7)34(48)22(6)33(47)19(3)15-14-16-20(4)41(52)44-32(36(29)50)39(31)57-42/h14-19,21-23,26-27,31,33-34,36-37,47-50H,12-13H2,1-11H3,(H,44,52)/b15-14+,18-17+,20-16-. The minimum absolute atomic E-state index is 0.0278. The van der Waals surface area contributed by atoms with E-state index < -0.39 is 89.4 Å². The van der Waals surface area contributed by atoms with Crippen molar-refractivity contribution < 1.29 is 58.7 Å². The maximum absolute atomic E-state index is 14.6. The van der Waals surface area contributed by atoms with Crippen LogP contribution in [0.4, 0.5) is 0 Å². The number of nitrogens with one attached hydrogen (secondary N) is 2. The summed E-state index contributed by atoms with van der Waals surface area (Å²) in [5, 5.41) is 52.9. The molecule has 0 spiro atoms. The Kier molecular flexibility index (Phi) is 13.6. The van der Waals surface area contributed by atoms with E-state index >= 15 is 0 Å². The van der Waals surface area contributed by atoms with Crippen LogP contribution in [-0.2, 0) is 23.8 Å². The molecule has 5 aliphatic rings. The number of allylic oxidation sites excluding steroid dienone is 2. The van der Waals surface area contributed by atoms with Gasteiger partial charge >= 0.3 is 11.8 Å². The van der Waals surface area contributed by atoms with E-state index in [1.165, 1.54) is 45.9 Å². The van der Waals surface area contributed by atoms with Gasteiger partial charge in [-0.05, 0) is 55.7 Å². The van der Waals surface area contributed by atoms with E-state index in [1.807, 2.05) is 0 Å². The molecule has 5 bridgehead atoms. The number of Topliss-reactive ketones (excluding diaryl/α,β-unsaturated/α-hetero) is 1. The van der Waals surface area contributed by atoms with Crippen molar-refractivity contribution in [3.63, 3.8) is 0 Å². The fraction of sp³-hybridized carbons (Fsp3) is 0.581. The van der Waals surface area contributed by atoms with Crippen LogP contribution < -0.4 is 20.2 Å². The van der Waals surface area contributed by atoms with Crippen molar-refractivity contribution in [2.45, 2.75) is 124 Å². The average Bonchev–Trinajstić information content (AvgIpc) is 3.72. The van der Waals surface area contributed by atoms with Crippen LogP contribution in [0.5, 0.6) is 11.5 Å². The van der Waals surface area contributed by atoms with Crippen molar-refractivity contribution in [2.24, 2.45) is 29.6 Å². The highest BCUT2D eigenvalue weighted by Gasteiger charge is 2.54. The number of rotatable bonds is 5. The lowest BCUT2D eigenvalue weighted by atomic mass is 9.78. The molecule has 1 aromatic rings. The summed E-state index contributed by atoms with van der Waals surface area (Å²) in [5.74, 6) is -6.25. The first-order valence-corrected chi connectivity index (χ1v) is 20.6. The quantitative estimate of drug-likeness (QED) is 0.271. The molecule has 0 saturated carbocycles. The maximum atomic E-state index is 14.6. The highest BCUT2D eigenvalue weighted by molar-refractivity contribution is 8.17. The third kappa shape index (κ3) is 8.21. The van der Waals surface area contributed by atoms with Gasteiger partial charge < -0.3 is 44.7 Å². The molecule has 4 heterocycles. The van der Waals surface area contributed by atoms with Gasteiger partial charge in [0.2, 0.25) is 11.1 Å². The zero-order chi connectivity index (χ0) is 42.3. The summed E-state index contributed by atoms with van der Waals surface area (Å²) in [7, 11) is 1.47. The summed E-state index contributed by atoms with van der Waals surface area (Å²) in [4.78, 5) is 44.8. The lowest BCUT2D eigenvalue weighted by Gasteiger charge is -2.38. The smallest absolute Gasteiger partial charge is 0.312 e. The largest absolute Gasteiger partial charge is 0.872 e. The highest BCUT2D eigenvalue weighted by Crippen LogP contribution is 2.55.